The van der Waals surface area contributed by atoms with Gasteiger partial charge in [-0.25, -0.2) is 13.1 Å². The fourth-order valence-electron chi connectivity index (χ4n) is 3.11. The van der Waals surface area contributed by atoms with Gasteiger partial charge < -0.3 is 9.73 Å². The molecule has 1 unspecified atom stereocenters. The number of furan rings is 1. The summed E-state index contributed by atoms with van der Waals surface area (Å²) in [7, 11) is -2.11. The van der Waals surface area contributed by atoms with Crippen LogP contribution in [-0.2, 0) is 16.6 Å². The lowest BCUT2D eigenvalue weighted by Crippen LogP contribution is -2.36. The summed E-state index contributed by atoms with van der Waals surface area (Å²) in [5, 5.41) is 3.51. The van der Waals surface area contributed by atoms with Crippen molar-refractivity contribution < 1.29 is 12.8 Å². The average Bonchev–Trinajstić information content (AvgIpc) is 2.99. The maximum absolute atomic E-state index is 11.6. The van der Waals surface area contributed by atoms with Gasteiger partial charge in [0.2, 0.25) is 5.09 Å². The highest BCUT2D eigenvalue weighted by Crippen LogP contribution is 2.28. The molecule has 21 heavy (non-hydrogen) atoms. The van der Waals surface area contributed by atoms with Gasteiger partial charge in [-0.15, -0.1) is 0 Å². The van der Waals surface area contributed by atoms with Gasteiger partial charge >= 0.3 is 0 Å². The van der Waals surface area contributed by atoms with Crippen LogP contribution < -0.4 is 10.0 Å². The van der Waals surface area contributed by atoms with E-state index < -0.39 is 10.0 Å². The van der Waals surface area contributed by atoms with Crippen molar-refractivity contribution >= 4 is 10.0 Å². The van der Waals surface area contributed by atoms with Crippen LogP contribution in [0.15, 0.2) is 21.6 Å². The Labute approximate surface area is 127 Å². The standard InChI is InChI=1S/C15H26N2O3S/c1-3-14(12-7-5-4-6-8-12)17-11-13-9-10-15(20-13)21(18,19)16-2/h9-10,12,14,16-17H,3-8,11H2,1-2H3. The van der Waals surface area contributed by atoms with E-state index in [0.717, 1.165) is 12.3 Å². The molecule has 1 aromatic rings. The lowest BCUT2D eigenvalue weighted by atomic mass is 9.83. The molecule has 0 aromatic carbocycles. The maximum Gasteiger partial charge on any atom is 0.273 e. The molecule has 1 aromatic heterocycles. The topological polar surface area (TPSA) is 71.3 Å². The summed E-state index contributed by atoms with van der Waals surface area (Å²) >= 11 is 0. The number of hydrogen-bond acceptors (Lipinski definition) is 4. The normalized spacial score (nSPS) is 18.8. The minimum Gasteiger partial charge on any atom is -0.447 e. The first-order valence-corrected chi connectivity index (χ1v) is 9.30. The van der Waals surface area contributed by atoms with Gasteiger partial charge in [-0.05, 0) is 44.4 Å². The molecule has 0 radical (unpaired) electrons. The molecule has 2 rings (SSSR count). The minimum atomic E-state index is -3.49. The Morgan fingerprint density at radius 1 is 1.29 bits per heavy atom. The van der Waals surface area contributed by atoms with Crippen molar-refractivity contribution in [3.05, 3.63) is 17.9 Å². The first-order valence-electron chi connectivity index (χ1n) is 7.82. The van der Waals surface area contributed by atoms with Crippen LogP contribution in [0.5, 0.6) is 0 Å². The molecule has 0 bridgehead atoms. The molecular weight excluding hydrogens is 288 g/mol. The minimum absolute atomic E-state index is 0.0208. The molecule has 2 N–H and O–H groups in total. The van der Waals surface area contributed by atoms with Crippen LogP contribution in [0.2, 0.25) is 0 Å². The zero-order valence-corrected chi connectivity index (χ0v) is 13.7. The van der Waals surface area contributed by atoms with Crippen LogP contribution in [0.25, 0.3) is 0 Å². The second-order valence-electron chi connectivity index (χ2n) is 5.72. The van der Waals surface area contributed by atoms with Crippen LogP contribution in [0.1, 0.15) is 51.2 Å². The van der Waals surface area contributed by atoms with E-state index in [1.54, 1.807) is 6.07 Å². The van der Waals surface area contributed by atoms with Gasteiger partial charge in [0.15, 0.2) is 0 Å². The van der Waals surface area contributed by atoms with E-state index in [0.29, 0.717) is 18.3 Å². The molecule has 0 aliphatic heterocycles. The zero-order valence-electron chi connectivity index (χ0n) is 12.9. The van der Waals surface area contributed by atoms with Crippen LogP contribution in [0.3, 0.4) is 0 Å². The van der Waals surface area contributed by atoms with Gasteiger partial charge in [-0.1, -0.05) is 26.2 Å². The lowest BCUT2D eigenvalue weighted by molar-refractivity contribution is 0.255. The van der Waals surface area contributed by atoms with E-state index >= 15 is 0 Å². The molecule has 0 amide bonds. The van der Waals surface area contributed by atoms with Gasteiger partial charge in [-0.3, -0.25) is 0 Å². The summed E-state index contributed by atoms with van der Waals surface area (Å²) in [6, 6.07) is 3.72. The van der Waals surface area contributed by atoms with Crippen molar-refractivity contribution in [1.29, 1.82) is 0 Å². The molecule has 1 heterocycles. The largest absolute Gasteiger partial charge is 0.447 e. The average molecular weight is 314 g/mol. The molecule has 1 atom stereocenters. The first-order chi connectivity index (χ1) is 10.1. The molecular formula is C15H26N2O3S. The highest BCUT2D eigenvalue weighted by atomic mass is 32.2. The van der Waals surface area contributed by atoms with E-state index in [2.05, 4.69) is 17.0 Å². The van der Waals surface area contributed by atoms with E-state index in [4.69, 9.17) is 4.42 Å². The molecule has 120 valence electrons. The number of rotatable bonds is 7. The van der Waals surface area contributed by atoms with Gasteiger partial charge in [0.05, 0.1) is 6.54 Å². The summed E-state index contributed by atoms with van der Waals surface area (Å²) in [5.74, 6) is 1.40. The fraction of sp³-hybridized carbons (Fsp3) is 0.733. The van der Waals surface area contributed by atoms with Gasteiger partial charge in [0.25, 0.3) is 10.0 Å². The van der Waals surface area contributed by atoms with Crippen molar-refractivity contribution in [3.8, 4) is 0 Å². The summed E-state index contributed by atoms with van der Waals surface area (Å²) in [6.07, 6.45) is 7.69. The third kappa shape index (κ3) is 4.31. The van der Waals surface area contributed by atoms with Crippen molar-refractivity contribution in [2.75, 3.05) is 7.05 Å². The molecule has 1 saturated carbocycles. The highest BCUT2D eigenvalue weighted by Gasteiger charge is 2.22. The van der Waals surface area contributed by atoms with Crippen molar-refractivity contribution in [1.82, 2.24) is 10.0 Å². The van der Waals surface area contributed by atoms with Gasteiger partial charge in [-0.2, -0.15) is 0 Å². The van der Waals surface area contributed by atoms with Crippen molar-refractivity contribution in [2.45, 2.75) is 63.1 Å². The third-order valence-corrected chi connectivity index (χ3v) is 5.65. The van der Waals surface area contributed by atoms with Crippen molar-refractivity contribution in [2.24, 2.45) is 5.92 Å². The summed E-state index contributed by atoms with van der Waals surface area (Å²) in [6.45, 7) is 2.78. The molecule has 1 aliphatic rings. The van der Waals surface area contributed by atoms with E-state index in [9.17, 15) is 8.42 Å². The number of hydrogen-bond donors (Lipinski definition) is 2. The Balaban J connectivity index is 1.92. The number of sulfonamides is 1. The first kappa shape index (κ1) is 16.5. The second-order valence-corrected chi connectivity index (χ2v) is 7.54. The molecule has 0 spiro atoms. The molecule has 1 aliphatic carbocycles. The van der Waals surface area contributed by atoms with Gasteiger partial charge in [0, 0.05) is 6.04 Å². The zero-order chi connectivity index (χ0) is 15.3. The molecule has 0 saturated heterocycles. The molecule has 5 nitrogen and oxygen atoms in total. The van der Waals surface area contributed by atoms with Crippen LogP contribution in [0, 0.1) is 5.92 Å². The Kier molecular flexibility index (Phi) is 5.84. The lowest BCUT2D eigenvalue weighted by Gasteiger charge is -2.30. The predicted molar refractivity (Wildman–Crippen MR) is 82.4 cm³/mol. The molecule has 1 fully saturated rings. The fourth-order valence-corrected chi connectivity index (χ4v) is 3.78. The van der Waals surface area contributed by atoms with Crippen LogP contribution >= 0.6 is 0 Å². The summed E-state index contributed by atoms with van der Waals surface area (Å²) < 4.78 is 30.9. The van der Waals surface area contributed by atoms with Gasteiger partial charge in [0.1, 0.15) is 5.76 Å². The quantitative estimate of drug-likeness (QED) is 0.811. The van der Waals surface area contributed by atoms with E-state index in [-0.39, 0.29) is 5.09 Å². The number of nitrogens with one attached hydrogen (secondary N) is 2. The molecule has 6 heteroatoms. The second kappa shape index (κ2) is 7.42. The predicted octanol–water partition coefficient (Wildman–Crippen LogP) is 2.64. The Hall–Kier alpha value is -0.850. The smallest absolute Gasteiger partial charge is 0.273 e. The van der Waals surface area contributed by atoms with E-state index in [1.165, 1.54) is 45.2 Å². The summed E-state index contributed by atoms with van der Waals surface area (Å²) in [5.41, 5.74) is 0. The SMILES string of the molecule is CCC(NCc1ccc(S(=O)(=O)NC)o1)C1CCCCC1. The maximum atomic E-state index is 11.6. The van der Waals surface area contributed by atoms with Crippen LogP contribution in [0.4, 0.5) is 0 Å². The monoisotopic (exact) mass is 314 g/mol. The third-order valence-electron chi connectivity index (χ3n) is 4.37. The van der Waals surface area contributed by atoms with Crippen LogP contribution in [-0.4, -0.2) is 21.5 Å². The Bertz CT molecular complexity index is 533. The highest BCUT2D eigenvalue weighted by molar-refractivity contribution is 7.89. The Morgan fingerprint density at radius 2 is 2.00 bits per heavy atom. The van der Waals surface area contributed by atoms with E-state index in [1.807, 2.05) is 0 Å². The summed E-state index contributed by atoms with van der Waals surface area (Å²) in [4.78, 5) is 0. The Morgan fingerprint density at radius 3 is 2.62 bits per heavy atom. The van der Waals surface area contributed by atoms with Crippen molar-refractivity contribution in [3.63, 3.8) is 0 Å².